The molecule has 4 rings (SSSR count). The Kier molecular flexibility index (Phi) is 5.61. The number of ether oxygens (including phenoxy) is 3. The summed E-state index contributed by atoms with van der Waals surface area (Å²) in [4.78, 5) is 12.7. The van der Waals surface area contributed by atoms with Crippen molar-refractivity contribution in [1.29, 1.82) is 0 Å². The second-order valence-corrected chi connectivity index (χ2v) is 7.71. The number of benzene rings is 2. The van der Waals surface area contributed by atoms with Gasteiger partial charge in [-0.2, -0.15) is 0 Å². The number of carbonyl (C=O) groups is 1. The molecule has 2 aliphatic heterocycles. The third-order valence-electron chi connectivity index (χ3n) is 5.50. The summed E-state index contributed by atoms with van der Waals surface area (Å²) in [7, 11) is 0. The van der Waals surface area contributed by atoms with Crippen LogP contribution in [0, 0.1) is 0 Å². The Bertz CT molecular complexity index is 1040. The van der Waals surface area contributed by atoms with Crippen LogP contribution in [-0.4, -0.2) is 78.3 Å². The molecule has 7 N–H and O–H groups in total. The van der Waals surface area contributed by atoms with Gasteiger partial charge < -0.3 is 50.0 Å². The molecule has 0 aliphatic carbocycles. The SMILES string of the molecule is C[C@@H]1O[C@@H](Oc2cc(O)c3c(c2)O[C@H](c2ccc(O)c(O)c2)[C@@H](O)C3=O)[C@H](O)[C@H](O)[C@H]1O. The highest BCUT2D eigenvalue weighted by Crippen LogP contribution is 2.43. The van der Waals surface area contributed by atoms with E-state index in [1.54, 1.807) is 0 Å². The van der Waals surface area contributed by atoms with Crippen molar-refractivity contribution in [1.82, 2.24) is 0 Å². The summed E-state index contributed by atoms with van der Waals surface area (Å²) in [6, 6.07) is 5.92. The number of carbonyl (C=O) groups excluding carboxylic acids is 1. The Labute approximate surface area is 181 Å². The van der Waals surface area contributed by atoms with E-state index in [-0.39, 0.29) is 22.6 Å². The fourth-order valence-corrected chi connectivity index (χ4v) is 3.68. The molecule has 0 bridgehead atoms. The molecule has 32 heavy (non-hydrogen) atoms. The van der Waals surface area contributed by atoms with Gasteiger partial charge in [-0.25, -0.2) is 0 Å². The summed E-state index contributed by atoms with van der Waals surface area (Å²) in [5.74, 6) is -2.51. The molecule has 7 atom stereocenters. The molecule has 2 aromatic rings. The van der Waals surface area contributed by atoms with Gasteiger partial charge in [0.1, 0.15) is 41.1 Å². The Hall–Kier alpha value is -3.09. The molecule has 11 nitrogen and oxygen atoms in total. The van der Waals surface area contributed by atoms with Crippen molar-refractivity contribution < 1.29 is 54.8 Å². The Balaban J connectivity index is 1.64. The van der Waals surface area contributed by atoms with Crippen molar-refractivity contribution in [2.75, 3.05) is 0 Å². The van der Waals surface area contributed by atoms with E-state index in [9.17, 15) is 40.5 Å². The van der Waals surface area contributed by atoms with Crippen molar-refractivity contribution in [2.24, 2.45) is 0 Å². The summed E-state index contributed by atoms with van der Waals surface area (Å²) in [5, 5.41) is 69.8. The van der Waals surface area contributed by atoms with Gasteiger partial charge in [-0.05, 0) is 24.6 Å². The van der Waals surface area contributed by atoms with Crippen molar-refractivity contribution in [3.8, 4) is 28.7 Å². The van der Waals surface area contributed by atoms with Gasteiger partial charge in [-0.15, -0.1) is 0 Å². The van der Waals surface area contributed by atoms with Gasteiger partial charge in [-0.3, -0.25) is 4.79 Å². The van der Waals surface area contributed by atoms with Gasteiger partial charge in [0.25, 0.3) is 0 Å². The van der Waals surface area contributed by atoms with Gasteiger partial charge in [0, 0.05) is 12.1 Å². The minimum atomic E-state index is -1.70. The molecule has 2 aliphatic rings. The average Bonchev–Trinajstić information content (AvgIpc) is 2.74. The number of aromatic hydroxyl groups is 3. The number of hydrogen-bond acceptors (Lipinski definition) is 11. The average molecular weight is 450 g/mol. The minimum Gasteiger partial charge on any atom is -0.507 e. The minimum absolute atomic E-state index is 0.0856. The molecule has 0 amide bonds. The standard InChI is InChI=1S/C21H22O11/c1-7-15(25)17(27)19(29)21(30-7)31-9-5-12(24)14-13(6-9)32-20(18(28)16(14)26)8-2-3-10(22)11(23)4-8/h2-7,15,17-25,27-29H,1H3/t7-,15-,17+,18-,19+,20+,21-/m0/s1. The van der Waals surface area contributed by atoms with Crippen LogP contribution in [0.15, 0.2) is 30.3 Å². The normalized spacial score (nSPS) is 32.2. The molecule has 0 radical (unpaired) electrons. The summed E-state index contributed by atoms with van der Waals surface area (Å²) in [5.41, 5.74) is -0.104. The van der Waals surface area contributed by atoms with Crippen LogP contribution < -0.4 is 9.47 Å². The van der Waals surface area contributed by atoms with E-state index in [0.29, 0.717) is 0 Å². The van der Waals surface area contributed by atoms with Crippen LogP contribution in [0.1, 0.15) is 28.9 Å². The van der Waals surface area contributed by atoms with Crippen LogP contribution in [0.2, 0.25) is 0 Å². The highest BCUT2D eigenvalue weighted by molar-refractivity contribution is 6.05. The second kappa shape index (κ2) is 8.11. The number of aliphatic hydroxyl groups excluding tert-OH is 4. The van der Waals surface area contributed by atoms with Crippen molar-refractivity contribution in [3.63, 3.8) is 0 Å². The highest BCUT2D eigenvalue weighted by atomic mass is 16.7. The maximum absolute atomic E-state index is 12.7. The van der Waals surface area contributed by atoms with Crippen LogP contribution in [0.3, 0.4) is 0 Å². The zero-order valence-electron chi connectivity index (χ0n) is 16.7. The van der Waals surface area contributed by atoms with Gasteiger partial charge >= 0.3 is 0 Å². The Morgan fingerprint density at radius 3 is 2.28 bits per heavy atom. The molecule has 2 aromatic carbocycles. The number of rotatable bonds is 3. The second-order valence-electron chi connectivity index (χ2n) is 7.71. The highest BCUT2D eigenvalue weighted by Gasteiger charge is 2.44. The van der Waals surface area contributed by atoms with Crippen molar-refractivity contribution in [3.05, 3.63) is 41.5 Å². The molecule has 0 spiro atoms. The Morgan fingerprint density at radius 1 is 0.875 bits per heavy atom. The number of fused-ring (bicyclic) bond motifs is 1. The van der Waals surface area contributed by atoms with E-state index in [0.717, 1.165) is 12.1 Å². The third-order valence-corrected chi connectivity index (χ3v) is 5.50. The lowest BCUT2D eigenvalue weighted by atomic mass is 9.92. The topological polar surface area (TPSA) is 186 Å². The van der Waals surface area contributed by atoms with Crippen LogP contribution in [0.4, 0.5) is 0 Å². The third kappa shape index (κ3) is 3.70. The fraction of sp³-hybridized carbons (Fsp3) is 0.381. The molecular formula is C21H22O11. The first kappa shape index (κ1) is 22.1. The lowest BCUT2D eigenvalue weighted by Crippen LogP contribution is -2.58. The summed E-state index contributed by atoms with van der Waals surface area (Å²) < 4.78 is 16.6. The number of phenolic OH excluding ortho intramolecular Hbond substituents is 3. The fourth-order valence-electron chi connectivity index (χ4n) is 3.68. The number of hydrogen-bond donors (Lipinski definition) is 7. The number of ketones is 1. The smallest absolute Gasteiger partial charge is 0.229 e. The first-order valence-corrected chi connectivity index (χ1v) is 9.72. The number of aliphatic hydroxyl groups is 4. The molecule has 0 saturated carbocycles. The zero-order valence-corrected chi connectivity index (χ0v) is 16.7. The monoisotopic (exact) mass is 450 g/mol. The molecule has 11 heteroatoms. The van der Waals surface area contributed by atoms with E-state index in [4.69, 9.17) is 14.2 Å². The first-order chi connectivity index (χ1) is 15.1. The molecule has 172 valence electrons. The van der Waals surface area contributed by atoms with E-state index in [1.807, 2.05) is 0 Å². The lowest BCUT2D eigenvalue weighted by Gasteiger charge is -2.39. The van der Waals surface area contributed by atoms with E-state index < -0.39 is 65.9 Å². The Morgan fingerprint density at radius 2 is 1.59 bits per heavy atom. The van der Waals surface area contributed by atoms with Crippen LogP contribution in [-0.2, 0) is 4.74 Å². The molecule has 0 aromatic heterocycles. The molecular weight excluding hydrogens is 428 g/mol. The predicted octanol–water partition coefficient (Wildman–Crippen LogP) is -0.313. The molecule has 1 fully saturated rings. The zero-order chi connectivity index (χ0) is 23.3. The quantitative estimate of drug-likeness (QED) is 0.304. The molecule has 2 heterocycles. The number of phenols is 3. The summed E-state index contributed by atoms with van der Waals surface area (Å²) in [6.07, 6.45) is -9.67. The van der Waals surface area contributed by atoms with E-state index >= 15 is 0 Å². The maximum Gasteiger partial charge on any atom is 0.229 e. The van der Waals surface area contributed by atoms with Crippen molar-refractivity contribution in [2.45, 2.75) is 49.8 Å². The molecule has 1 saturated heterocycles. The van der Waals surface area contributed by atoms with Crippen LogP contribution in [0.25, 0.3) is 0 Å². The summed E-state index contributed by atoms with van der Waals surface area (Å²) in [6.45, 7) is 1.47. The van der Waals surface area contributed by atoms with Gasteiger partial charge in [-0.1, -0.05) is 6.07 Å². The lowest BCUT2D eigenvalue weighted by molar-refractivity contribution is -0.268. The summed E-state index contributed by atoms with van der Waals surface area (Å²) >= 11 is 0. The van der Waals surface area contributed by atoms with Crippen molar-refractivity contribution >= 4 is 5.78 Å². The predicted molar refractivity (Wildman–Crippen MR) is 105 cm³/mol. The van der Waals surface area contributed by atoms with E-state index in [2.05, 4.69) is 0 Å². The van der Waals surface area contributed by atoms with Gasteiger partial charge in [0.15, 0.2) is 23.7 Å². The van der Waals surface area contributed by atoms with Gasteiger partial charge in [0.2, 0.25) is 12.1 Å². The number of Topliss-reactive ketones (excluding diaryl/α,β-unsaturated/α-hetero) is 1. The maximum atomic E-state index is 12.7. The first-order valence-electron chi connectivity index (χ1n) is 9.72. The van der Waals surface area contributed by atoms with Gasteiger partial charge in [0.05, 0.1) is 6.10 Å². The van der Waals surface area contributed by atoms with E-state index in [1.165, 1.54) is 25.1 Å². The molecule has 0 unspecified atom stereocenters. The van der Waals surface area contributed by atoms with Crippen LogP contribution in [0.5, 0.6) is 28.7 Å². The largest absolute Gasteiger partial charge is 0.507 e. The van der Waals surface area contributed by atoms with Crippen LogP contribution >= 0.6 is 0 Å².